The first-order chi connectivity index (χ1) is 11.9. The number of thiazole rings is 1. The van der Waals surface area contributed by atoms with Gasteiger partial charge in [0.2, 0.25) is 0 Å². The lowest BCUT2D eigenvalue weighted by molar-refractivity contribution is -0.384. The molecule has 0 unspecified atom stereocenters. The highest BCUT2D eigenvalue weighted by molar-refractivity contribution is 7.22. The van der Waals surface area contributed by atoms with Crippen molar-refractivity contribution in [2.45, 2.75) is 13.8 Å². The van der Waals surface area contributed by atoms with E-state index < -0.39 is 4.92 Å². The molecule has 0 bridgehead atoms. The minimum Gasteiger partial charge on any atom is -0.484 e. The molecule has 7 nitrogen and oxygen atoms in total. The van der Waals surface area contributed by atoms with Crippen LogP contribution in [0, 0.1) is 24.0 Å². The number of aromatic nitrogens is 1. The average molecular weight is 357 g/mol. The molecule has 1 heterocycles. The quantitative estimate of drug-likeness (QED) is 0.553. The number of amides is 1. The molecule has 1 amide bonds. The van der Waals surface area contributed by atoms with Crippen molar-refractivity contribution in [3.63, 3.8) is 0 Å². The van der Waals surface area contributed by atoms with Gasteiger partial charge < -0.3 is 4.74 Å². The Morgan fingerprint density at radius 1 is 1.20 bits per heavy atom. The second-order valence-corrected chi connectivity index (χ2v) is 6.48. The summed E-state index contributed by atoms with van der Waals surface area (Å²) in [6.07, 6.45) is 0. The van der Waals surface area contributed by atoms with Crippen molar-refractivity contribution in [3.05, 3.63) is 57.6 Å². The number of carbonyl (C=O) groups is 1. The Labute approximate surface area is 147 Å². The fraction of sp³-hybridized carbons (Fsp3) is 0.176. The topological polar surface area (TPSA) is 94.4 Å². The molecule has 1 N–H and O–H groups in total. The molecule has 0 saturated carbocycles. The number of nitro benzene ring substituents is 1. The van der Waals surface area contributed by atoms with E-state index in [1.165, 1.54) is 35.6 Å². The summed E-state index contributed by atoms with van der Waals surface area (Å²) in [5, 5.41) is 13.8. The van der Waals surface area contributed by atoms with Crippen molar-refractivity contribution >= 4 is 38.3 Å². The average Bonchev–Trinajstić information content (AvgIpc) is 3.02. The summed E-state index contributed by atoms with van der Waals surface area (Å²) in [4.78, 5) is 26.6. The van der Waals surface area contributed by atoms with Crippen LogP contribution in [0.1, 0.15) is 11.1 Å². The fourth-order valence-electron chi connectivity index (χ4n) is 2.28. The SMILES string of the molecule is Cc1ccc(C)c2sc(NC(=O)COc3ccc([N+](=O)[O-])cc3)nc12. The summed E-state index contributed by atoms with van der Waals surface area (Å²) in [7, 11) is 0. The number of benzene rings is 2. The molecule has 0 spiro atoms. The van der Waals surface area contributed by atoms with Gasteiger partial charge in [0.25, 0.3) is 11.6 Å². The van der Waals surface area contributed by atoms with Crippen LogP contribution in [0.4, 0.5) is 10.8 Å². The lowest BCUT2D eigenvalue weighted by Gasteiger charge is -2.05. The Bertz CT molecular complexity index is 911. The molecule has 0 aliphatic rings. The van der Waals surface area contributed by atoms with E-state index in [9.17, 15) is 14.9 Å². The van der Waals surface area contributed by atoms with E-state index in [0.717, 1.165) is 21.3 Å². The van der Waals surface area contributed by atoms with Gasteiger partial charge in [0.15, 0.2) is 11.7 Å². The van der Waals surface area contributed by atoms with Gasteiger partial charge in [-0.2, -0.15) is 0 Å². The summed E-state index contributed by atoms with van der Waals surface area (Å²) in [6.45, 7) is 3.78. The maximum absolute atomic E-state index is 12.0. The van der Waals surface area contributed by atoms with Crippen molar-refractivity contribution < 1.29 is 14.5 Å². The minimum absolute atomic E-state index is 0.0305. The maximum atomic E-state index is 12.0. The van der Waals surface area contributed by atoms with E-state index in [2.05, 4.69) is 10.3 Å². The fourth-order valence-corrected chi connectivity index (χ4v) is 3.31. The number of nitrogens with zero attached hydrogens (tertiary/aromatic N) is 2. The van der Waals surface area contributed by atoms with Gasteiger partial charge in [0.05, 0.1) is 15.1 Å². The molecule has 8 heteroatoms. The van der Waals surface area contributed by atoms with Gasteiger partial charge >= 0.3 is 0 Å². The number of non-ortho nitro benzene ring substituents is 1. The number of hydrogen-bond donors (Lipinski definition) is 1. The maximum Gasteiger partial charge on any atom is 0.269 e. The smallest absolute Gasteiger partial charge is 0.269 e. The zero-order valence-corrected chi connectivity index (χ0v) is 14.4. The van der Waals surface area contributed by atoms with Crippen molar-refractivity contribution in [3.8, 4) is 5.75 Å². The summed E-state index contributed by atoms with van der Waals surface area (Å²) in [5.41, 5.74) is 3.02. The second-order valence-electron chi connectivity index (χ2n) is 5.48. The molecule has 0 saturated heterocycles. The monoisotopic (exact) mass is 357 g/mol. The standard InChI is InChI=1S/C17H15N3O4S/c1-10-3-4-11(2)16-15(10)19-17(25-16)18-14(21)9-24-13-7-5-12(6-8-13)20(22)23/h3-8H,9H2,1-2H3,(H,18,19,21). The van der Waals surface area contributed by atoms with Gasteiger partial charge in [0, 0.05) is 12.1 Å². The number of ether oxygens (including phenoxy) is 1. The summed E-state index contributed by atoms with van der Waals surface area (Å²) < 4.78 is 6.39. The first-order valence-corrected chi connectivity index (χ1v) is 8.29. The Balaban J connectivity index is 1.64. The lowest BCUT2D eigenvalue weighted by atomic mass is 10.1. The Kier molecular flexibility index (Phi) is 4.62. The van der Waals surface area contributed by atoms with E-state index in [1.807, 2.05) is 26.0 Å². The van der Waals surface area contributed by atoms with Gasteiger partial charge in [-0.05, 0) is 37.1 Å². The van der Waals surface area contributed by atoms with Crippen LogP contribution in [0.2, 0.25) is 0 Å². The van der Waals surface area contributed by atoms with E-state index >= 15 is 0 Å². The van der Waals surface area contributed by atoms with Gasteiger partial charge in [-0.25, -0.2) is 4.98 Å². The molecule has 128 valence electrons. The predicted molar refractivity (Wildman–Crippen MR) is 96.3 cm³/mol. The summed E-state index contributed by atoms with van der Waals surface area (Å²) in [5.74, 6) is 0.0458. The van der Waals surface area contributed by atoms with Crippen LogP contribution in [-0.4, -0.2) is 22.4 Å². The highest BCUT2D eigenvalue weighted by Gasteiger charge is 2.12. The number of fused-ring (bicyclic) bond motifs is 1. The number of carbonyl (C=O) groups excluding carboxylic acids is 1. The first-order valence-electron chi connectivity index (χ1n) is 7.48. The molecule has 3 aromatic rings. The van der Waals surface area contributed by atoms with E-state index in [1.54, 1.807) is 0 Å². The molecule has 0 atom stereocenters. The molecular weight excluding hydrogens is 342 g/mol. The van der Waals surface area contributed by atoms with Crippen LogP contribution in [0.3, 0.4) is 0 Å². The molecule has 0 aliphatic carbocycles. The van der Waals surface area contributed by atoms with Crippen molar-refractivity contribution in [2.24, 2.45) is 0 Å². The largest absolute Gasteiger partial charge is 0.484 e. The highest BCUT2D eigenvalue weighted by Crippen LogP contribution is 2.30. The minimum atomic E-state index is -0.492. The van der Waals surface area contributed by atoms with Crippen molar-refractivity contribution in [2.75, 3.05) is 11.9 Å². The second kappa shape index (κ2) is 6.86. The first kappa shape index (κ1) is 16.8. The van der Waals surface area contributed by atoms with Crippen LogP contribution < -0.4 is 10.1 Å². The van der Waals surface area contributed by atoms with Gasteiger partial charge in [0.1, 0.15) is 5.75 Å². The summed E-state index contributed by atoms with van der Waals surface area (Å²) in [6, 6.07) is 9.59. The van der Waals surface area contributed by atoms with Crippen LogP contribution in [0.5, 0.6) is 5.75 Å². The predicted octanol–water partition coefficient (Wildman–Crippen LogP) is 3.84. The lowest BCUT2D eigenvalue weighted by Crippen LogP contribution is -2.19. The molecular formula is C17H15N3O4S. The van der Waals surface area contributed by atoms with Crippen molar-refractivity contribution in [1.82, 2.24) is 4.98 Å². The zero-order valence-electron chi connectivity index (χ0n) is 13.6. The number of nitro groups is 1. The number of nitrogens with one attached hydrogen (secondary N) is 1. The number of aryl methyl sites for hydroxylation is 2. The van der Waals surface area contributed by atoms with Gasteiger partial charge in [-0.1, -0.05) is 23.5 Å². The molecule has 0 radical (unpaired) electrons. The Morgan fingerprint density at radius 3 is 2.52 bits per heavy atom. The normalized spacial score (nSPS) is 10.6. The Hall–Kier alpha value is -3.00. The van der Waals surface area contributed by atoms with Crippen LogP contribution in [0.15, 0.2) is 36.4 Å². The van der Waals surface area contributed by atoms with Gasteiger partial charge in [-0.15, -0.1) is 0 Å². The zero-order chi connectivity index (χ0) is 18.0. The van der Waals surface area contributed by atoms with Crippen molar-refractivity contribution in [1.29, 1.82) is 0 Å². The third-order valence-electron chi connectivity index (χ3n) is 3.61. The third-order valence-corrected chi connectivity index (χ3v) is 4.71. The van der Waals surface area contributed by atoms with E-state index in [0.29, 0.717) is 10.9 Å². The molecule has 1 aromatic heterocycles. The highest BCUT2D eigenvalue weighted by atomic mass is 32.1. The molecule has 2 aromatic carbocycles. The molecule has 25 heavy (non-hydrogen) atoms. The van der Waals surface area contributed by atoms with Crippen LogP contribution >= 0.6 is 11.3 Å². The van der Waals surface area contributed by atoms with Crippen LogP contribution in [-0.2, 0) is 4.79 Å². The van der Waals surface area contributed by atoms with Gasteiger partial charge in [-0.3, -0.25) is 20.2 Å². The number of hydrogen-bond acceptors (Lipinski definition) is 6. The van der Waals surface area contributed by atoms with Crippen LogP contribution in [0.25, 0.3) is 10.2 Å². The number of anilines is 1. The molecule has 0 fully saturated rings. The third kappa shape index (κ3) is 3.74. The Morgan fingerprint density at radius 2 is 1.88 bits per heavy atom. The summed E-state index contributed by atoms with van der Waals surface area (Å²) >= 11 is 1.42. The van der Waals surface area contributed by atoms with E-state index in [4.69, 9.17) is 4.74 Å². The molecule has 0 aliphatic heterocycles. The van der Waals surface area contributed by atoms with E-state index in [-0.39, 0.29) is 18.2 Å². The molecule has 3 rings (SSSR count). The number of rotatable bonds is 5.